The first-order valence-electron chi connectivity index (χ1n) is 15.2. The van der Waals surface area contributed by atoms with Crippen LogP contribution < -0.4 is 0 Å². The highest BCUT2D eigenvalue weighted by Gasteiger charge is 2.37. The van der Waals surface area contributed by atoms with Gasteiger partial charge in [-0.3, -0.25) is 4.79 Å². The summed E-state index contributed by atoms with van der Waals surface area (Å²) in [7, 11) is 0. The van der Waals surface area contributed by atoms with E-state index in [-0.39, 0.29) is 11.3 Å². The third kappa shape index (κ3) is 11.0. The van der Waals surface area contributed by atoms with Crippen LogP contribution in [0.3, 0.4) is 0 Å². The van der Waals surface area contributed by atoms with Crippen LogP contribution in [0.2, 0.25) is 0 Å². The van der Waals surface area contributed by atoms with Crippen molar-refractivity contribution in [2.45, 2.75) is 88.5 Å². The summed E-state index contributed by atoms with van der Waals surface area (Å²) >= 11 is 0. The van der Waals surface area contributed by atoms with E-state index in [1.165, 1.54) is 46.3 Å². The molecule has 41 heavy (non-hydrogen) atoms. The maximum absolute atomic E-state index is 12.3. The monoisotopic (exact) mass is 550 g/mol. The molecule has 0 saturated heterocycles. The molecule has 1 nitrogen and oxygen atoms in total. The Kier molecular flexibility index (Phi) is 13.0. The lowest BCUT2D eigenvalue weighted by Crippen LogP contribution is -2.35. The van der Waals surface area contributed by atoms with Gasteiger partial charge in [0.15, 0.2) is 0 Å². The molecule has 2 atom stereocenters. The molecule has 2 aliphatic rings. The molecule has 2 rings (SSSR count). The van der Waals surface area contributed by atoms with Gasteiger partial charge >= 0.3 is 0 Å². The number of hydrogen-bond donors (Lipinski definition) is 0. The average Bonchev–Trinajstić information content (AvgIpc) is 2.88. The second kappa shape index (κ2) is 15.7. The summed E-state index contributed by atoms with van der Waals surface area (Å²) in [5, 5.41) is 0. The van der Waals surface area contributed by atoms with Crippen molar-refractivity contribution < 1.29 is 4.79 Å². The van der Waals surface area contributed by atoms with E-state index in [0.717, 1.165) is 0 Å². The Morgan fingerprint density at radius 3 is 1.61 bits per heavy atom. The Balaban J connectivity index is 1.89. The zero-order chi connectivity index (χ0) is 30.6. The lowest BCUT2D eigenvalue weighted by atomic mass is 9.67. The number of rotatable bonds is 10. The van der Waals surface area contributed by atoms with Crippen LogP contribution in [-0.2, 0) is 4.79 Å². The van der Waals surface area contributed by atoms with Gasteiger partial charge in [-0.2, -0.15) is 0 Å². The third-order valence-corrected chi connectivity index (χ3v) is 8.55. The molecule has 0 radical (unpaired) electrons. The van der Waals surface area contributed by atoms with E-state index >= 15 is 0 Å². The molecular formula is C40H54O. The molecule has 220 valence electrons. The molecule has 1 heteroatoms. The normalized spacial score (nSPS) is 24.9. The Hall–Kier alpha value is -3.19. The fraction of sp³-hybridized carbons (Fsp3) is 0.425. The van der Waals surface area contributed by atoms with Crippen LogP contribution in [0.1, 0.15) is 88.5 Å². The Morgan fingerprint density at radius 1 is 0.659 bits per heavy atom. The van der Waals surface area contributed by atoms with Gasteiger partial charge in [0.2, 0.25) is 0 Å². The summed E-state index contributed by atoms with van der Waals surface area (Å²) in [6, 6.07) is 0. The predicted molar refractivity (Wildman–Crippen MR) is 182 cm³/mol. The molecule has 2 unspecified atom stereocenters. The highest BCUT2D eigenvalue weighted by molar-refractivity contribution is 5.87. The number of hydrogen-bond acceptors (Lipinski definition) is 1. The molecule has 0 N–H and O–H groups in total. The Morgan fingerprint density at radius 2 is 1.10 bits per heavy atom. The molecule has 0 aromatic rings. The Labute approximate surface area is 252 Å². The van der Waals surface area contributed by atoms with Gasteiger partial charge in [-0.25, -0.2) is 0 Å². The van der Waals surface area contributed by atoms with Gasteiger partial charge in [0, 0.05) is 23.7 Å². The van der Waals surface area contributed by atoms with Crippen LogP contribution in [0.25, 0.3) is 0 Å². The van der Waals surface area contributed by atoms with Gasteiger partial charge in [-0.1, -0.05) is 158 Å². The Bertz CT molecular complexity index is 1270. The van der Waals surface area contributed by atoms with Gasteiger partial charge in [-0.15, -0.1) is 0 Å². The molecular weight excluding hydrogens is 496 g/mol. The van der Waals surface area contributed by atoms with Gasteiger partial charge in [0.1, 0.15) is 5.78 Å². The van der Waals surface area contributed by atoms with Crippen LogP contribution in [0.4, 0.5) is 0 Å². The van der Waals surface area contributed by atoms with Crippen molar-refractivity contribution in [3.8, 4) is 0 Å². The molecule has 0 aromatic carbocycles. The van der Waals surface area contributed by atoms with E-state index in [2.05, 4.69) is 166 Å². The van der Waals surface area contributed by atoms with Crippen molar-refractivity contribution in [2.24, 2.45) is 22.7 Å². The number of Topliss-reactive ketones (excluding diaryl/α,β-unsaturated/α-hetero) is 1. The first-order chi connectivity index (χ1) is 19.2. The van der Waals surface area contributed by atoms with Crippen LogP contribution in [0.5, 0.6) is 0 Å². The molecule has 0 fully saturated rings. The summed E-state index contributed by atoms with van der Waals surface area (Å²) in [6.45, 7) is 21.8. The highest BCUT2D eigenvalue weighted by atomic mass is 16.1. The summed E-state index contributed by atoms with van der Waals surface area (Å²) in [5.41, 5.74) is 7.60. The summed E-state index contributed by atoms with van der Waals surface area (Å²) in [4.78, 5) is 12.3. The van der Waals surface area contributed by atoms with E-state index in [1.54, 1.807) is 0 Å². The van der Waals surface area contributed by atoms with Gasteiger partial charge in [0.05, 0.1) is 0 Å². The first kappa shape index (κ1) is 34.0. The molecule has 0 bridgehead atoms. The lowest BCUT2D eigenvalue weighted by molar-refractivity contribution is -0.128. The molecule has 0 saturated carbocycles. The number of ketones is 1. The summed E-state index contributed by atoms with van der Waals surface area (Å²) < 4.78 is 0. The topological polar surface area (TPSA) is 17.1 Å². The van der Waals surface area contributed by atoms with Crippen molar-refractivity contribution in [3.63, 3.8) is 0 Å². The van der Waals surface area contributed by atoms with Crippen LogP contribution in [0, 0.1) is 22.7 Å². The first-order valence-corrected chi connectivity index (χ1v) is 15.2. The van der Waals surface area contributed by atoms with E-state index in [1.807, 2.05) is 0 Å². The SMILES string of the molecule is CC1=CCCC(C)(C)C1/C=C/C(C)=C/C=C/C(C)=C/C=C/C=C(C)/C=C/C=C(C)/C=C/C1C(C)=CCC(=O)C1(C)C. The zero-order valence-corrected chi connectivity index (χ0v) is 27.4. The smallest absolute Gasteiger partial charge is 0.143 e. The van der Waals surface area contributed by atoms with Crippen LogP contribution >= 0.6 is 0 Å². The maximum Gasteiger partial charge on any atom is 0.143 e. The van der Waals surface area contributed by atoms with E-state index in [0.29, 0.717) is 23.5 Å². The van der Waals surface area contributed by atoms with Gasteiger partial charge < -0.3 is 0 Å². The van der Waals surface area contributed by atoms with Crippen molar-refractivity contribution in [1.29, 1.82) is 0 Å². The van der Waals surface area contributed by atoms with E-state index in [9.17, 15) is 4.79 Å². The standard InChI is InChI=1S/C40H54O/c1-30(18-13-20-32(3)23-26-36-34(5)22-15-29-39(36,7)8)16-11-12-17-31(2)19-14-21-33(4)24-27-37-35(6)25-28-38(41)40(37,9)10/h11-14,16-27,36-37H,15,28-29H2,1-10H3/b12-11+,18-13+,19-14+,26-23+,27-24+,30-16+,31-17+,32-20+,33-21+. The van der Waals surface area contributed by atoms with Gasteiger partial charge in [-0.05, 0) is 59.8 Å². The van der Waals surface area contributed by atoms with Gasteiger partial charge in [0.25, 0.3) is 0 Å². The lowest BCUT2D eigenvalue weighted by Gasteiger charge is -2.36. The highest BCUT2D eigenvalue weighted by Crippen LogP contribution is 2.42. The van der Waals surface area contributed by atoms with Crippen molar-refractivity contribution in [3.05, 3.63) is 131 Å². The summed E-state index contributed by atoms with van der Waals surface area (Å²) in [5.74, 6) is 0.996. The number of carbonyl (C=O) groups is 1. The second-order valence-electron chi connectivity index (χ2n) is 13.2. The van der Waals surface area contributed by atoms with Crippen LogP contribution in [0.15, 0.2) is 131 Å². The van der Waals surface area contributed by atoms with Crippen molar-refractivity contribution in [2.75, 3.05) is 0 Å². The average molecular weight is 551 g/mol. The molecule has 2 aliphatic carbocycles. The molecule has 0 aliphatic heterocycles. The predicted octanol–water partition coefficient (Wildman–Crippen LogP) is 11.5. The molecule has 0 spiro atoms. The maximum atomic E-state index is 12.3. The van der Waals surface area contributed by atoms with E-state index in [4.69, 9.17) is 0 Å². The van der Waals surface area contributed by atoms with Crippen molar-refractivity contribution in [1.82, 2.24) is 0 Å². The molecule has 0 heterocycles. The third-order valence-electron chi connectivity index (χ3n) is 8.55. The van der Waals surface area contributed by atoms with Crippen LogP contribution in [-0.4, -0.2) is 5.78 Å². The number of allylic oxidation sites excluding steroid dienone is 22. The minimum absolute atomic E-state index is 0.159. The quantitative estimate of drug-likeness (QED) is 0.195. The van der Waals surface area contributed by atoms with E-state index < -0.39 is 0 Å². The summed E-state index contributed by atoms with van der Waals surface area (Å²) in [6.07, 6.45) is 37.6. The minimum Gasteiger partial charge on any atom is -0.299 e. The number of carbonyl (C=O) groups excluding carboxylic acids is 1. The fourth-order valence-electron chi connectivity index (χ4n) is 5.60. The largest absolute Gasteiger partial charge is 0.299 e. The minimum atomic E-state index is -0.338. The molecule has 0 aromatic heterocycles. The zero-order valence-electron chi connectivity index (χ0n) is 27.4. The van der Waals surface area contributed by atoms with Crippen molar-refractivity contribution >= 4 is 5.78 Å². The second-order valence-corrected chi connectivity index (χ2v) is 13.2. The fourth-order valence-corrected chi connectivity index (χ4v) is 5.60. The molecule has 0 amide bonds.